The van der Waals surface area contributed by atoms with Crippen LogP contribution in [-0.2, 0) is 19.3 Å². The van der Waals surface area contributed by atoms with Crippen molar-refractivity contribution in [3.8, 4) is 11.1 Å². The van der Waals surface area contributed by atoms with Gasteiger partial charge in [0.1, 0.15) is 0 Å². The number of unbranched alkanes of at least 4 members (excludes halogenated alkanes) is 5. The second-order valence-corrected chi connectivity index (χ2v) is 8.68. The molecule has 0 radical (unpaired) electrons. The standard InChI is InChI=1S/C27H34S/c1-2-3-6-9-23-12-16-26(17-13-23)27-18-14-24(15-19-27)10-7-4-5-8-11-25-20-21-28-22-25/h12-22H,2-11H2,1H3. The second-order valence-electron chi connectivity index (χ2n) is 7.90. The Morgan fingerprint density at radius 3 is 1.50 bits per heavy atom. The molecule has 1 heteroatoms. The summed E-state index contributed by atoms with van der Waals surface area (Å²) in [6.45, 7) is 2.26. The molecule has 0 aliphatic carbocycles. The zero-order valence-electron chi connectivity index (χ0n) is 17.3. The van der Waals surface area contributed by atoms with Crippen molar-refractivity contribution in [1.29, 1.82) is 0 Å². The molecule has 0 aliphatic heterocycles. The third-order valence-corrected chi connectivity index (χ3v) is 6.30. The number of rotatable bonds is 12. The molecule has 0 unspecified atom stereocenters. The third kappa shape index (κ3) is 6.95. The topological polar surface area (TPSA) is 0 Å². The van der Waals surface area contributed by atoms with Crippen molar-refractivity contribution in [2.75, 3.05) is 0 Å². The van der Waals surface area contributed by atoms with E-state index in [4.69, 9.17) is 0 Å². The third-order valence-electron chi connectivity index (χ3n) is 5.57. The van der Waals surface area contributed by atoms with E-state index in [9.17, 15) is 0 Å². The summed E-state index contributed by atoms with van der Waals surface area (Å²) < 4.78 is 0. The fourth-order valence-electron chi connectivity index (χ4n) is 3.75. The van der Waals surface area contributed by atoms with Crippen molar-refractivity contribution >= 4 is 11.3 Å². The summed E-state index contributed by atoms with van der Waals surface area (Å²) >= 11 is 1.81. The van der Waals surface area contributed by atoms with Crippen LogP contribution in [0.3, 0.4) is 0 Å². The first-order valence-corrected chi connectivity index (χ1v) is 12.0. The lowest BCUT2D eigenvalue weighted by Crippen LogP contribution is -1.89. The molecule has 0 saturated heterocycles. The lowest BCUT2D eigenvalue weighted by atomic mass is 9.99. The van der Waals surface area contributed by atoms with Crippen LogP contribution in [0.1, 0.15) is 68.6 Å². The molecule has 2 aromatic carbocycles. The normalized spacial score (nSPS) is 11.0. The predicted octanol–water partition coefficient (Wildman–Crippen LogP) is 8.49. The van der Waals surface area contributed by atoms with Crippen LogP contribution < -0.4 is 0 Å². The molecule has 0 saturated carbocycles. The van der Waals surface area contributed by atoms with Gasteiger partial charge in [0, 0.05) is 0 Å². The molecule has 3 aromatic rings. The molecule has 0 nitrogen and oxygen atoms in total. The van der Waals surface area contributed by atoms with E-state index >= 15 is 0 Å². The van der Waals surface area contributed by atoms with E-state index in [-0.39, 0.29) is 0 Å². The Labute approximate surface area is 175 Å². The summed E-state index contributed by atoms with van der Waals surface area (Å²) in [6, 6.07) is 20.6. The minimum absolute atomic E-state index is 1.20. The Kier molecular flexibility index (Phi) is 8.84. The van der Waals surface area contributed by atoms with E-state index < -0.39 is 0 Å². The Morgan fingerprint density at radius 2 is 1.04 bits per heavy atom. The van der Waals surface area contributed by atoms with Gasteiger partial charge in [-0.1, -0.05) is 81.1 Å². The van der Waals surface area contributed by atoms with Gasteiger partial charge < -0.3 is 0 Å². The Hall–Kier alpha value is -1.86. The number of hydrogen-bond donors (Lipinski definition) is 0. The molecule has 0 aliphatic rings. The maximum Gasteiger partial charge on any atom is -0.00613 e. The van der Waals surface area contributed by atoms with Gasteiger partial charge in [0.05, 0.1) is 0 Å². The van der Waals surface area contributed by atoms with Crippen molar-refractivity contribution in [1.82, 2.24) is 0 Å². The maximum absolute atomic E-state index is 2.32. The van der Waals surface area contributed by atoms with Crippen LogP contribution in [0, 0.1) is 0 Å². The molecule has 0 fully saturated rings. The van der Waals surface area contributed by atoms with Gasteiger partial charge in [0.15, 0.2) is 0 Å². The van der Waals surface area contributed by atoms with E-state index in [0.29, 0.717) is 0 Å². The van der Waals surface area contributed by atoms with Crippen LogP contribution in [0.5, 0.6) is 0 Å². The van der Waals surface area contributed by atoms with Crippen LogP contribution in [0.25, 0.3) is 11.1 Å². The number of aryl methyl sites for hydroxylation is 3. The molecule has 148 valence electrons. The zero-order chi connectivity index (χ0) is 19.4. The lowest BCUT2D eigenvalue weighted by Gasteiger charge is -2.07. The van der Waals surface area contributed by atoms with E-state index in [1.807, 2.05) is 11.3 Å². The van der Waals surface area contributed by atoms with E-state index in [1.54, 1.807) is 0 Å². The van der Waals surface area contributed by atoms with E-state index in [0.717, 1.165) is 0 Å². The highest BCUT2D eigenvalue weighted by molar-refractivity contribution is 7.07. The molecule has 1 heterocycles. The Bertz CT molecular complexity index is 766. The minimum atomic E-state index is 1.20. The first kappa shape index (κ1) is 20.9. The van der Waals surface area contributed by atoms with Crippen LogP contribution >= 0.6 is 11.3 Å². The van der Waals surface area contributed by atoms with Gasteiger partial charge in [-0.05, 0) is 83.2 Å². The highest BCUT2D eigenvalue weighted by Gasteiger charge is 2.00. The Morgan fingerprint density at radius 1 is 0.536 bits per heavy atom. The molecule has 0 amide bonds. The number of benzene rings is 2. The fraction of sp³-hybridized carbons (Fsp3) is 0.407. The molecule has 28 heavy (non-hydrogen) atoms. The number of thiophene rings is 1. The molecule has 1 aromatic heterocycles. The van der Waals surface area contributed by atoms with Gasteiger partial charge in [-0.25, -0.2) is 0 Å². The molecule has 0 spiro atoms. The second kappa shape index (κ2) is 11.9. The molecule has 0 bridgehead atoms. The summed E-state index contributed by atoms with van der Waals surface area (Å²) in [5, 5.41) is 4.46. The van der Waals surface area contributed by atoms with Gasteiger partial charge in [0.25, 0.3) is 0 Å². The quantitative estimate of drug-likeness (QED) is 0.272. The molecule has 3 rings (SSSR count). The van der Waals surface area contributed by atoms with Crippen molar-refractivity contribution in [2.45, 2.75) is 71.1 Å². The highest BCUT2D eigenvalue weighted by atomic mass is 32.1. The smallest absolute Gasteiger partial charge is 0.00613 e. The number of hydrogen-bond acceptors (Lipinski definition) is 1. The van der Waals surface area contributed by atoms with Gasteiger partial charge in [-0.15, -0.1) is 0 Å². The molecular formula is C27H34S. The summed E-state index contributed by atoms with van der Waals surface area (Å²) in [4.78, 5) is 0. The molecular weight excluding hydrogens is 356 g/mol. The average Bonchev–Trinajstić information content (AvgIpc) is 3.25. The fourth-order valence-corrected chi connectivity index (χ4v) is 4.46. The van der Waals surface area contributed by atoms with E-state index in [2.05, 4.69) is 72.3 Å². The molecule has 0 atom stereocenters. The lowest BCUT2D eigenvalue weighted by molar-refractivity contribution is 0.641. The Balaban J connectivity index is 1.38. The minimum Gasteiger partial charge on any atom is -0.152 e. The van der Waals surface area contributed by atoms with Crippen LogP contribution in [0.4, 0.5) is 0 Å². The first-order chi connectivity index (χ1) is 13.8. The van der Waals surface area contributed by atoms with Crippen molar-refractivity contribution in [3.63, 3.8) is 0 Å². The largest absolute Gasteiger partial charge is 0.152 e. The predicted molar refractivity (Wildman–Crippen MR) is 125 cm³/mol. The van der Waals surface area contributed by atoms with Crippen LogP contribution in [0.2, 0.25) is 0 Å². The van der Waals surface area contributed by atoms with Crippen molar-refractivity contribution in [3.05, 3.63) is 82.0 Å². The first-order valence-electron chi connectivity index (χ1n) is 11.0. The SMILES string of the molecule is CCCCCc1ccc(-c2ccc(CCCCCCc3ccsc3)cc2)cc1. The zero-order valence-corrected chi connectivity index (χ0v) is 18.1. The van der Waals surface area contributed by atoms with E-state index in [1.165, 1.54) is 92.0 Å². The van der Waals surface area contributed by atoms with Crippen LogP contribution in [-0.4, -0.2) is 0 Å². The van der Waals surface area contributed by atoms with Gasteiger partial charge in [0.2, 0.25) is 0 Å². The van der Waals surface area contributed by atoms with Gasteiger partial charge in [-0.2, -0.15) is 11.3 Å². The summed E-state index contributed by atoms with van der Waals surface area (Å²) in [7, 11) is 0. The summed E-state index contributed by atoms with van der Waals surface area (Å²) in [6.07, 6.45) is 12.9. The highest BCUT2D eigenvalue weighted by Crippen LogP contribution is 2.22. The average molecular weight is 391 g/mol. The van der Waals surface area contributed by atoms with Gasteiger partial charge >= 0.3 is 0 Å². The monoisotopic (exact) mass is 390 g/mol. The van der Waals surface area contributed by atoms with Crippen molar-refractivity contribution in [2.24, 2.45) is 0 Å². The van der Waals surface area contributed by atoms with Crippen molar-refractivity contribution < 1.29 is 0 Å². The van der Waals surface area contributed by atoms with Gasteiger partial charge in [-0.3, -0.25) is 0 Å². The summed E-state index contributed by atoms with van der Waals surface area (Å²) in [5.41, 5.74) is 7.11. The van der Waals surface area contributed by atoms with Crippen LogP contribution in [0.15, 0.2) is 65.4 Å². The molecule has 0 N–H and O–H groups in total. The summed E-state index contributed by atoms with van der Waals surface area (Å²) in [5.74, 6) is 0. The maximum atomic E-state index is 2.32.